The largest absolute Gasteiger partial charge is 0.487 e. The predicted octanol–water partition coefficient (Wildman–Crippen LogP) is 3.19. The maximum absolute atomic E-state index is 12.0. The van der Waals surface area contributed by atoms with Crippen molar-refractivity contribution in [1.82, 2.24) is 0 Å². The van der Waals surface area contributed by atoms with Gasteiger partial charge in [0.1, 0.15) is 12.4 Å². The normalized spacial score (nSPS) is 10.5. The maximum Gasteiger partial charge on any atom is 0.339 e. The molecule has 0 aromatic heterocycles. The van der Waals surface area contributed by atoms with Crippen LogP contribution in [0.2, 0.25) is 0 Å². The van der Waals surface area contributed by atoms with Crippen molar-refractivity contribution in [3.63, 3.8) is 0 Å². The summed E-state index contributed by atoms with van der Waals surface area (Å²) in [6.45, 7) is 0.904. The van der Waals surface area contributed by atoms with Gasteiger partial charge in [0, 0.05) is 10.0 Å². The highest BCUT2D eigenvalue weighted by molar-refractivity contribution is 9.10. The fourth-order valence-corrected chi connectivity index (χ4v) is 1.91. The molecule has 0 saturated heterocycles. The molecule has 0 amide bonds. The highest BCUT2D eigenvalue weighted by atomic mass is 79.9. The summed E-state index contributed by atoms with van der Waals surface area (Å²) in [5.41, 5.74) is 0.742. The third-order valence-electron chi connectivity index (χ3n) is 2.12. The molecule has 0 spiro atoms. The Balaban J connectivity index is 3.06. The van der Waals surface area contributed by atoms with Gasteiger partial charge in [-0.25, -0.2) is 13.6 Å². The van der Waals surface area contributed by atoms with E-state index >= 15 is 0 Å². The molecule has 0 N–H and O–H groups in total. The van der Waals surface area contributed by atoms with Crippen LogP contribution in [0.1, 0.15) is 15.9 Å². The molecular formula is C11H11BrF2O3. The number of rotatable bonds is 4. The molecule has 0 aliphatic rings. The van der Waals surface area contributed by atoms with Crippen LogP contribution < -0.4 is 4.74 Å². The van der Waals surface area contributed by atoms with Gasteiger partial charge in [0.25, 0.3) is 6.43 Å². The fourth-order valence-electron chi connectivity index (χ4n) is 1.32. The van der Waals surface area contributed by atoms with Gasteiger partial charge >= 0.3 is 5.97 Å². The van der Waals surface area contributed by atoms with Gasteiger partial charge in [0.15, 0.2) is 0 Å². The van der Waals surface area contributed by atoms with Crippen molar-refractivity contribution >= 4 is 21.9 Å². The van der Waals surface area contributed by atoms with E-state index in [1.54, 1.807) is 13.0 Å². The smallest absolute Gasteiger partial charge is 0.339 e. The van der Waals surface area contributed by atoms with E-state index in [9.17, 15) is 13.6 Å². The van der Waals surface area contributed by atoms with Crippen molar-refractivity contribution < 1.29 is 23.0 Å². The summed E-state index contributed by atoms with van der Waals surface area (Å²) in [6.07, 6.45) is -2.56. The molecule has 94 valence electrons. The molecule has 0 fully saturated rings. The van der Waals surface area contributed by atoms with E-state index < -0.39 is 19.0 Å². The maximum atomic E-state index is 12.0. The van der Waals surface area contributed by atoms with Crippen LogP contribution in [0.4, 0.5) is 8.78 Å². The first kappa shape index (κ1) is 13.9. The predicted molar refractivity (Wildman–Crippen MR) is 61.7 cm³/mol. The molecule has 0 aliphatic heterocycles. The number of methoxy groups -OCH3 is 1. The Hall–Kier alpha value is -1.17. The van der Waals surface area contributed by atoms with Crippen LogP contribution in [0.25, 0.3) is 0 Å². The number of hydrogen-bond donors (Lipinski definition) is 0. The molecule has 0 bridgehead atoms. The van der Waals surface area contributed by atoms with Gasteiger partial charge in [-0.2, -0.15) is 0 Å². The standard InChI is InChI=1S/C11H11BrF2O3/c1-6-8(17-5-9(13)14)4-3-7(12)10(6)11(15)16-2/h3-4,9H,5H2,1-2H3. The molecule has 3 nitrogen and oxygen atoms in total. The van der Waals surface area contributed by atoms with Crippen molar-refractivity contribution in [2.24, 2.45) is 0 Å². The first-order valence-corrected chi connectivity index (χ1v) is 5.55. The Kier molecular flexibility index (Phi) is 4.86. The Morgan fingerprint density at radius 2 is 2.12 bits per heavy atom. The molecule has 1 aromatic carbocycles. The first-order valence-electron chi connectivity index (χ1n) is 4.75. The number of ether oxygens (including phenoxy) is 2. The molecule has 1 rings (SSSR count). The molecule has 0 atom stereocenters. The molecule has 6 heteroatoms. The number of carbonyl (C=O) groups excluding carboxylic acids is 1. The number of carbonyl (C=O) groups is 1. The summed E-state index contributed by atoms with van der Waals surface area (Å²) in [6, 6.07) is 3.08. The van der Waals surface area contributed by atoms with Crippen molar-refractivity contribution in [3.8, 4) is 5.75 Å². The Morgan fingerprint density at radius 1 is 1.47 bits per heavy atom. The minimum atomic E-state index is -2.56. The molecule has 0 aliphatic carbocycles. The Bertz CT molecular complexity index is 421. The molecular weight excluding hydrogens is 298 g/mol. The van der Waals surface area contributed by atoms with Gasteiger partial charge in [-0.15, -0.1) is 0 Å². The fraction of sp³-hybridized carbons (Fsp3) is 0.364. The molecule has 0 heterocycles. The third kappa shape index (κ3) is 3.39. The van der Waals surface area contributed by atoms with Gasteiger partial charge in [0.2, 0.25) is 0 Å². The first-order chi connectivity index (χ1) is 7.97. The van der Waals surface area contributed by atoms with E-state index in [1.807, 2.05) is 0 Å². The lowest BCUT2D eigenvalue weighted by Crippen LogP contribution is -2.11. The highest BCUT2D eigenvalue weighted by Gasteiger charge is 2.17. The second-order valence-electron chi connectivity index (χ2n) is 3.24. The zero-order valence-electron chi connectivity index (χ0n) is 9.30. The number of alkyl halides is 2. The lowest BCUT2D eigenvalue weighted by molar-refractivity contribution is 0.0597. The minimum Gasteiger partial charge on any atom is -0.487 e. The number of benzene rings is 1. The van der Waals surface area contributed by atoms with Crippen LogP contribution in [0.3, 0.4) is 0 Å². The van der Waals surface area contributed by atoms with Crippen molar-refractivity contribution in [1.29, 1.82) is 0 Å². The van der Waals surface area contributed by atoms with E-state index in [-0.39, 0.29) is 11.3 Å². The quantitative estimate of drug-likeness (QED) is 0.801. The third-order valence-corrected chi connectivity index (χ3v) is 2.78. The van der Waals surface area contributed by atoms with Crippen LogP contribution in [0, 0.1) is 6.92 Å². The summed E-state index contributed by atoms with van der Waals surface area (Å²) in [5, 5.41) is 0. The molecule has 0 unspecified atom stereocenters. The van der Waals surface area contributed by atoms with E-state index in [1.165, 1.54) is 13.2 Å². The average molecular weight is 309 g/mol. The highest BCUT2D eigenvalue weighted by Crippen LogP contribution is 2.29. The SMILES string of the molecule is COC(=O)c1c(Br)ccc(OCC(F)F)c1C. The summed E-state index contributed by atoms with van der Waals surface area (Å²) in [5.74, 6) is -0.300. The van der Waals surface area contributed by atoms with Crippen LogP contribution in [-0.4, -0.2) is 26.1 Å². The van der Waals surface area contributed by atoms with E-state index in [0.29, 0.717) is 10.0 Å². The van der Waals surface area contributed by atoms with Gasteiger partial charge in [-0.3, -0.25) is 0 Å². The summed E-state index contributed by atoms with van der Waals surface area (Å²) in [4.78, 5) is 11.5. The molecule has 0 saturated carbocycles. The average Bonchev–Trinajstić information content (AvgIpc) is 2.27. The van der Waals surface area contributed by atoms with Crippen LogP contribution in [-0.2, 0) is 4.74 Å². The second kappa shape index (κ2) is 5.95. The Morgan fingerprint density at radius 3 is 2.65 bits per heavy atom. The van der Waals surface area contributed by atoms with Crippen LogP contribution in [0.5, 0.6) is 5.75 Å². The zero-order valence-corrected chi connectivity index (χ0v) is 10.9. The molecule has 1 aromatic rings. The molecule has 17 heavy (non-hydrogen) atoms. The lowest BCUT2D eigenvalue weighted by atomic mass is 10.1. The van der Waals surface area contributed by atoms with Crippen molar-refractivity contribution in [2.45, 2.75) is 13.3 Å². The number of esters is 1. The summed E-state index contributed by atoms with van der Waals surface area (Å²) < 4.78 is 34.1. The topological polar surface area (TPSA) is 35.5 Å². The van der Waals surface area contributed by atoms with Gasteiger partial charge < -0.3 is 9.47 Å². The van der Waals surface area contributed by atoms with E-state index in [0.717, 1.165) is 0 Å². The lowest BCUT2D eigenvalue weighted by Gasteiger charge is -2.12. The number of hydrogen-bond acceptors (Lipinski definition) is 3. The summed E-state index contributed by atoms with van der Waals surface area (Å²) in [7, 11) is 1.25. The van der Waals surface area contributed by atoms with Crippen molar-refractivity contribution in [3.05, 3.63) is 27.7 Å². The summed E-state index contributed by atoms with van der Waals surface area (Å²) >= 11 is 3.20. The monoisotopic (exact) mass is 308 g/mol. The molecule has 0 radical (unpaired) electrons. The minimum absolute atomic E-state index is 0.244. The number of halogens is 3. The zero-order chi connectivity index (χ0) is 13.0. The van der Waals surface area contributed by atoms with Gasteiger partial charge in [-0.1, -0.05) is 0 Å². The van der Waals surface area contributed by atoms with E-state index in [4.69, 9.17) is 4.74 Å². The Labute approximate surface area is 106 Å². The van der Waals surface area contributed by atoms with Crippen LogP contribution in [0.15, 0.2) is 16.6 Å². The van der Waals surface area contributed by atoms with E-state index in [2.05, 4.69) is 20.7 Å². The second-order valence-corrected chi connectivity index (χ2v) is 4.09. The van der Waals surface area contributed by atoms with Gasteiger partial charge in [-0.05, 0) is 35.0 Å². The van der Waals surface area contributed by atoms with Gasteiger partial charge in [0.05, 0.1) is 12.7 Å². The van der Waals surface area contributed by atoms with Crippen molar-refractivity contribution in [2.75, 3.05) is 13.7 Å². The van der Waals surface area contributed by atoms with Crippen LogP contribution >= 0.6 is 15.9 Å².